The van der Waals surface area contributed by atoms with Crippen molar-refractivity contribution in [1.29, 1.82) is 0 Å². The van der Waals surface area contributed by atoms with E-state index in [-0.39, 0.29) is 0 Å². The van der Waals surface area contributed by atoms with Gasteiger partial charge in [-0.3, -0.25) is 0 Å². The van der Waals surface area contributed by atoms with Gasteiger partial charge in [0, 0.05) is 6.42 Å². The first-order chi connectivity index (χ1) is 4.62. The minimum absolute atomic E-state index is 0.465. The summed E-state index contributed by atoms with van der Waals surface area (Å²) in [5, 5.41) is 9.50. The molecule has 0 fully saturated rings. The maximum Gasteiger partial charge on any atom is 0.0728 e. The number of hydrogen-bond donors (Lipinski definition) is 1. The molecule has 0 aliphatic carbocycles. The summed E-state index contributed by atoms with van der Waals surface area (Å²) in [6.07, 6.45) is 8.52. The highest BCUT2D eigenvalue weighted by molar-refractivity contribution is 4.92. The van der Waals surface area contributed by atoms with E-state index in [1.165, 1.54) is 0 Å². The van der Waals surface area contributed by atoms with Gasteiger partial charge in [-0.15, -0.1) is 12.3 Å². The lowest BCUT2D eigenvalue weighted by Crippen LogP contribution is -2.22. The molecule has 0 aliphatic rings. The van der Waals surface area contributed by atoms with Gasteiger partial charge in [-0.25, -0.2) is 0 Å². The van der Waals surface area contributed by atoms with Crippen LogP contribution in [-0.2, 0) is 0 Å². The van der Waals surface area contributed by atoms with E-state index in [9.17, 15) is 5.11 Å². The van der Waals surface area contributed by atoms with Crippen LogP contribution in [-0.4, -0.2) is 10.7 Å². The average Bonchev–Trinajstić information content (AvgIpc) is 1.84. The molecule has 0 amide bonds. The zero-order chi connectivity index (χ0) is 8.04. The summed E-state index contributed by atoms with van der Waals surface area (Å²) in [5.74, 6) is 2.47. The van der Waals surface area contributed by atoms with Crippen LogP contribution >= 0.6 is 0 Å². The second-order valence-electron chi connectivity index (χ2n) is 2.98. The molecule has 0 bridgehead atoms. The molecule has 1 N–H and O–H groups in total. The summed E-state index contributed by atoms with van der Waals surface area (Å²) in [4.78, 5) is 0. The van der Waals surface area contributed by atoms with E-state index in [1.54, 1.807) is 6.92 Å². The van der Waals surface area contributed by atoms with E-state index in [0.717, 1.165) is 19.3 Å². The SMILES string of the molecule is C#CC[C@](C)(O)CCCC. The van der Waals surface area contributed by atoms with Crippen molar-refractivity contribution in [3.63, 3.8) is 0 Å². The standard InChI is InChI=1S/C9H16O/c1-4-6-8-9(3,10)7-5-2/h2,10H,4,6-8H2,1,3H3/t9-/m0/s1. The van der Waals surface area contributed by atoms with Crippen molar-refractivity contribution in [3.8, 4) is 12.3 Å². The first kappa shape index (κ1) is 9.52. The Morgan fingerprint density at radius 2 is 2.20 bits per heavy atom. The fraction of sp³-hybridized carbons (Fsp3) is 0.778. The molecule has 0 aliphatic heterocycles. The van der Waals surface area contributed by atoms with Gasteiger partial charge in [-0.05, 0) is 13.3 Å². The average molecular weight is 140 g/mol. The van der Waals surface area contributed by atoms with E-state index < -0.39 is 5.60 Å². The zero-order valence-electron chi connectivity index (χ0n) is 6.85. The molecule has 0 saturated heterocycles. The zero-order valence-corrected chi connectivity index (χ0v) is 6.85. The van der Waals surface area contributed by atoms with Crippen LogP contribution in [0.4, 0.5) is 0 Å². The Morgan fingerprint density at radius 3 is 2.60 bits per heavy atom. The van der Waals surface area contributed by atoms with Gasteiger partial charge in [-0.2, -0.15) is 0 Å². The van der Waals surface area contributed by atoms with Crippen LogP contribution in [0.3, 0.4) is 0 Å². The fourth-order valence-corrected chi connectivity index (χ4v) is 0.866. The Bertz CT molecular complexity index is 119. The second-order valence-corrected chi connectivity index (χ2v) is 2.98. The number of unbranched alkanes of at least 4 members (excludes halogenated alkanes) is 1. The highest BCUT2D eigenvalue weighted by Crippen LogP contribution is 2.16. The van der Waals surface area contributed by atoms with Gasteiger partial charge in [0.15, 0.2) is 0 Å². The summed E-state index contributed by atoms with van der Waals surface area (Å²) >= 11 is 0. The highest BCUT2D eigenvalue weighted by Gasteiger charge is 2.16. The van der Waals surface area contributed by atoms with Crippen molar-refractivity contribution in [2.45, 2.75) is 45.1 Å². The number of terminal acetylenes is 1. The normalized spacial score (nSPS) is 15.8. The second kappa shape index (κ2) is 4.35. The van der Waals surface area contributed by atoms with Gasteiger partial charge in [-0.1, -0.05) is 19.8 Å². The Labute approximate surface area is 63.5 Å². The summed E-state index contributed by atoms with van der Waals surface area (Å²) in [6, 6.07) is 0. The maximum absolute atomic E-state index is 9.50. The van der Waals surface area contributed by atoms with Gasteiger partial charge in [0.25, 0.3) is 0 Å². The Kier molecular flexibility index (Phi) is 4.14. The smallest absolute Gasteiger partial charge is 0.0728 e. The van der Waals surface area contributed by atoms with Crippen LogP contribution < -0.4 is 0 Å². The summed E-state index contributed by atoms with van der Waals surface area (Å²) in [5.41, 5.74) is -0.634. The van der Waals surface area contributed by atoms with E-state index in [0.29, 0.717) is 6.42 Å². The summed E-state index contributed by atoms with van der Waals surface area (Å²) in [6.45, 7) is 3.90. The van der Waals surface area contributed by atoms with Gasteiger partial charge < -0.3 is 5.11 Å². The molecule has 58 valence electrons. The number of rotatable bonds is 4. The van der Waals surface area contributed by atoms with Crippen LogP contribution in [0, 0.1) is 12.3 Å². The lowest BCUT2D eigenvalue weighted by atomic mass is 9.96. The Balaban J connectivity index is 3.55. The first-order valence-electron chi connectivity index (χ1n) is 3.78. The molecule has 1 heteroatoms. The van der Waals surface area contributed by atoms with Crippen molar-refractivity contribution < 1.29 is 5.11 Å². The molecule has 1 atom stereocenters. The molecule has 0 aromatic carbocycles. The highest BCUT2D eigenvalue weighted by atomic mass is 16.3. The monoisotopic (exact) mass is 140 g/mol. The predicted octanol–water partition coefficient (Wildman–Crippen LogP) is 1.95. The van der Waals surface area contributed by atoms with Gasteiger partial charge in [0.1, 0.15) is 0 Å². The van der Waals surface area contributed by atoms with Gasteiger partial charge >= 0.3 is 0 Å². The lowest BCUT2D eigenvalue weighted by molar-refractivity contribution is 0.0540. The van der Waals surface area contributed by atoms with Crippen LogP contribution in [0.25, 0.3) is 0 Å². The molecule has 0 rings (SSSR count). The first-order valence-corrected chi connectivity index (χ1v) is 3.78. The van der Waals surface area contributed by atoms with Crippen LogP contribution in [0.5, 0.6) is 0 Å². The Hall–Kier alpha value is -0.480. The van der Waals surface area contributed by atoms with Crippen molar-refractivity contribution in [2.75, 3.05) is 0 Å². The molecule has 0 aromatic heterocycles. The third-order valence-corrected chi connectivity index (χ3v) is 1.55. The number of aliphatic hydroxyl groups is 1. The minimum atomic E-state index is -0.634. The van der Waals surface area contributed by atoms with E-state index >= 15 is 0 Å². The van der Waals surface area contributed by atoms with Crippen molar-refractivity contribution in [3.05, 3.63) is 0 Å². The molecule has 0 saturated carbocycles. The van der Waals surface area contributed by atoms with Crippen molar-refractivity contribution in [2.24, 2.45) is 0 Å². The van der Waals surface area contributed by atoms with Crippen LogP contribution in [0.1, 0.15) is 39.5 Å². The van der Waals surface area contributed by atoms with Crippen molar-refractivity contribution >= 4 is 0 Å². The van der Waals surface area contributed by atoms with Crippen LogP contribution in [0.15, 0.2) is 0 Å². The molecular weight excluding hydrogens is 124 g/mol. The molecule has 0 heterocycles. The summed E-state index contributed by atoms with van der Waals surface area (Å²) < 4.78 is 0. The topological polar surface area (TPSA) is 20.2 Å². The quantitative estimate of drug-likeness (QED) is 0.592. The van der Waals surface area contributed by atoms with Gasteiger partial charge in [0.2, 0.25) is 0 Å². The number of hydrogen-bond acceptors (Lipinski definition) is 1. The lowest BCUT2D eigenvalue weighted by Gasteiger charge is -2.19. The molecule has 0 unspecified atom stereocenters. The fourth-order valence-electron chi connectivity index (χ4n) is 0.866. The van der Waals surface area contributed by atoms with E-state index in [4.69, 9.17) is 6.42 Å². The minimum Gasteiger partial charge on any atom is -0.389 e. The largest absolute Gasteiger partial charge is 0.389 e. The molecule has 1 nitrogen and oxygen atoms in total. The summed E-state index contributed by atoms with van der Waals surface area (Å²) in [7, 11) is 0. The molecule has 0 radical (unpaired) electrons. The molecule has 0 spiro atoms. The van der Waals surface area contributed by atoms with E-state index in [2.05, 4.69) is 12.8 Å². The van der Waals surface area contributed by atoms with Crippen LogP contribution in [0.2, 0.25) is 0 Å². The third-order valence-electron chi connectivity index (χ3n) is 1.55. The molecular formula is C9H16O. The Morgan fingerprint density at radius 1 is 1.60 bits per heavy atom. The third kappa shape index (κ3) is 4.40. The van der Waals surface area contributed by atoms with E-state index in [1.807, 2.05) is 0 Å². The maximum atomic E-state index is 9.50. The van der Waals surface area contributed by atoms with Gasteiger partial charge in [0.05, 0.1) is 5.60 Å². The molecule has 0 aromatic rings. The predicted molar refractivity (Wildman–Crippen MR) is 43.6 cm³/mol. The van der Waals surface area contributed by atoms with Crippen molar-refractivity contribution in [1.82, 2.24) is 0 Å². The molecule has 10 heavy (non-hydrogen) atoms.